The minimum absolute atomic E-state index is 0.141. The molecule has 106 valence electrons. The van der Waals surface area contributed by atoms with E-state index in [4.69, 9.17) is 15.6 Å². The molecule has 2 aromatic rings. The van der Waals surface area contributed by atoms with E-state index in [2.05, 4.69) is 5.10 Å². The first-order chi connectivity index (χ1) is 9.47. The van der Waals surface area contributed by atoms with Crippen LogP contribution < -0.4 is 10.5 Å². The zero-order valence-electron chi connectivity index (χ0n) is 11.4. The Bertz CT molecular complexity index is 620. The van der Waals surface area contributed by atoms with Gasteiger partial charge in [-0.3, -0.25) is 4.68 Å². The second-order valence-electron chi connectivity index (χ2n) is 4.73. The molecule has 20 heavy (non-hydrogen) atoms. The Kier molecular flexibility index (Phi) is 3.93. The van der Waals surface area contributed by atoms with Gasteiger partial charge >= 0.3 is 5.97 Å². The van der Waals surface area contributed by atoms with Crippen LogP contribution in [0.5, 0.6) is 5.75 Å². The van der Waals surface area contributed by atoms with Gasteiger partial charge in [-0.15, -0.1) is 0 Å². The Balaban J connectivity index is 2.09. The summed E-state index contributed by atoms with van der Waals surface area (Å²) in [5.41, 5.74) is 7.07. The van der Waals surface area contributed by atoms with E-state index in [0.29, 0.717) is 11.4 Å². The van der Waals surface area contributed by atoms with E-state index < -0.39 is 5.97 Å². The van der Waals surface area contributed by atoms with Crippen molar-refractivity contribution in [3.63, 3.8) is 0 Å². The van der Waals surface area contributed by atoms with Gasteiger partial charge in [0.2, 0.25) is 0 Å². The summed E-state index contributed by atoms with van der Waals surface area (Å²) in [6.45, 7) is 4.31. The number of anilines is 1. The van der Waals surface area contributed by atoms with Gasteiger partial charge in [-0.2, -0.15) is 5.10 Å². The molecule has 0 fully saturated rings. The first kappa shape index (κ1) is 13.9. The number of nitrogen functional groups attached to an aromatic ring is 1. The normalized spacial score (nSPS) is 10.8. The van der Waals surface area contributed by atoms with Gasteiger partial charge in [0.1, 0.15) is 12.4 Å². The van der Waals surface area contributed by atoms with Gasteiger partial charge in [-0.1, -0.05) is 0 Å². The number of ether oxygens (including phenoxy) is 1. The highest BCUT2D eigenvalue weighted by molar-refractivity contribution is 5.89. The molecule has 0 spiro atoms. The lowest BCUT2D eigenvalue weighted by atomic mass is 10.2. The van der Waals surface area contributed by atoms with E-state index >= 15 is 0 Å². The van der Waals surface area contributed by atoms with Crippen LogP contribution in [0, 0.1) is 0 Å². The first-order valence-corrected chi connectivity index (χ1v) is 6.27. The van der Waals surface area contributed by atoms with Crippen molar-refractivity contribution >= 4 is 11.7 Å². The number of rotatable bonds is 5. The van der Waals surface area contributed by atoms with E-state index in [0.717, 1.165) is 5.69 Å². The average Bonchev–Trinajstić information content (AvgIpc) is 2.86. The number of nitrogens with zero attached hydrogens (tertiary/aromatic N) is 2. The van der Waals surface area contributed by atoms with Crippen LogP contribution in [0.4, 0.5) is 5.69 Å². The zero-order valence-corrected chi connectivity index (χ0v) is 11.4. The van der Waals surface area contributed by atoms with Gasteiger partial charge < -0.3 is 15.6 Å². The van der Waals surface area contributed by atoms with Gasteiger partial charge in [0.05, 0.1) is 16.9 Å². The molecule has 1 heterocycles. The van der Waals surface area contributed by atoms with Crippen molar-refractivity contribution < 1.29 is 14.6 Å². The molecule has 0 aliphatic carbocycles. The van der Waals surface area contributed by atoms with Crippen molar-refractivity contribution in [3.8, 4) is 5.75 Å². The third kappa shape index (κ3) is 3.09. The number of hydrogen-bond donors (Lipinski definition) is 2. The van der Waals surface area contributed by atoms with Crippen LogP contribution in [0.25, 0.3) is 0 Å². The summed E-state index contributed by atoms with van der Waals surface area (Å²) >= 11 is 0. The fraction of sp³-hybridized carbons (Fsp3) is 0.286. The third-order valence-electron chi connectivity index (χ3n) is 2.83. The molecule has 0 aliphatic heterocycles. The van der Waals surface area contributed by atoms with Crippen molar-refractivity contribution in [3.05, 3.63) is 41.7 Å². The van der Waals surface area contributed by atoms with Crippen molar-refractivity contribution in [2.24, 2.45) is 0 Å². The van der Waals surface area contributed by atoms with Crippen LogP contribution in [0.2, 0.25) is 0 Å². The van der Waals surface area contributed by atoms with E-state index in [9.17, 15) is 4.79 Å². The lowest BCUT2D eigenvalue weighted by Crippen LogP contribution is -2.05. The monoisotopic (exact) mass is 275 g/mol. The predicted octanol–water partition coefficient (Wildman–Crippen LogP) is 2.32. The summed E-state index contributed by atoms with van der Waals surface area (Å²) in [5.74, 6) is -0.664. The summed E-state index contributed by atoms with van der Waals surface area (Å²) in [6, 6.07) is 6.52. The second-order valence-corrected chi connectivity index (χ2v) is 4.73. The number of carboxylic acid groups (broad SMARTS) is 1. The van der Waals surface area contributed by atoms with Crippen molar-refractivity contribution in [1.82, 2.24) is 9.78 Å². The fourth-order valence-corrected chi connectivity index (χ4v) is 1.69. The summed E-state index contributed by atoms with van der Waals surface area (Å²) < 4.78 is 7.37. The maximum absolute atomic E-state index is 10.9. The Morgan fingerprint density at radius 2 is 2.20 bits per heavy atom. The fourth-order valence-electron chi connectivity index (χ4n) is 1.69. The number of carbonyl (C=O) groups is 1. The zero-order chi connectivity index (χ0) is 14.7. The minimum Gasteiger partial charge on any atom is -0.485 e. The van der Waals surface area contributed by atoms with Gasteiger partial charge in [-0.25, -0.2) is 4.79 Å². The van der Waals surface area contributed by atoms with Crippen LogP contribution in [0.1, 0.15) is 35.9 Å². The molecular formula is C14H17N3O3. The van der Waals surface area contributed by atoms with Crippen LogP contribution in [0.3, 0.4) is 0 Å². The predicted molar refractivity (Wildman–Crippen MR) is 74.8 cm³/mol. The Morgan fingerprint density at radius 3 is 2.80 bits per heavy atom. The number of aromatic nitrogens is 2. The molecule has 6 nitrogen and oxygen atoms in total. The lowest BCUT2D eigenvalue weighted by Gasteiger charge is -2.08. The molecule has 0 amide bonds. The quantitative estimate of drug-likeness (QED) is 0.817. The molecule has 0 aliphatic rings. The average molecular weight is 275 g/mol. The van der Waals surface area contributed by atoms with E-state index in [1.165, 1.54) is 18.2 Å². The molecule has 0 atom stereocenters. The van der Waals surface area contributed by atoms with Crippen molar-refractivity contribution in [2.75, 3.05) is 5.73 Å². The molecule has 0 saturated carbocycles. The maximum atomic E-state index is 10.9. The highest BCUT2D eigenvalue weighted by Gasteiger charge is 2.09. The number of benzene rings is 1. The molecule has 0 radical (unpaired) electrons. The van der Waals surface area contributed by atoms with Gasteiger partial charge in [0.15, 0.2) is 0 Å². The SMILES string of the molecule is CC(C)n1ccc(COc2cc(C(=O)O)ccc2N)n1. The van der Waals surface area contributed by atoms with Crippen LogP contribution in [-0.4, -0.2) is 20.9 Å². The van der Waals surface area contributed by atoms with Crippen molar-refractivity contribution in [1.29, 1.82) is 0 Å². The molecule has 6 heteroatoms. The molecule has 1 aromatic heterocycles. The van der Waals surface area contributed by atoms with Crippen molar-refractivity contribution in [2.45, 2.75) is 26.5 Å². The molecule has 0 saturated heterocycles. The third-order valence-corrected chi connectivity index (χ3v) is 2.83. The molecule has 0 unspecified atom stereocenters. The minimum atomic E-state index is -1.01. The number of hydrogen-bond acceptors (Lipinski definition) is 4. The highest BCUT2D eigenvalue weighted by atomic mass is 16.5. The van der Waals surface area contributed by atoms with Crippen LogP contribution >= 0.6 is 0 Å². The van der Waals surface area contributed by atoms with Gasteiger partial charge in [0.25, 0.3) is 0 Å². The Hall–Kier alpha value is -2.50. The summed E-state index contributed by atoms with van der Waals surface area (Å²) in [6.07, 6.45) is 1.88. The van der Waals surface area contributed by atoms with E-state index in [-0.39, 0.29) is 18.2 Å². The highest BCUT2D eigenvalue weighted by Crippen LogP contribution is 2.23. The van der Waals surface area contributed by atoms with Crippen LogP contribution in [-0.2, 0) is 6.61 Å². The summed E-state index contributed by atoms with van der Waals surface area (Å²) in [7, 11) is 0. The van der Waals surface area contributed by atoms with Crippen LogP contribution in [0.15, 0.2) is 30.5 Å². The molecule has 0 bridgehead atoms. The molecule has 1 aromatic carbocycles. The molecule has 2 rings (SSSR count). The summed E-state index contributed by atoms with van der Waals surface area (Å²) in [4.78, 5) is 10.9. The molecule has 3 N–H and O–H groups in total. The number of aromatic carboxylic acids is 1. The Morgan fingerprint density at radius 1 is 1.45 bits per heavy atom. The summed E-state index contributed by atoms with van der Waals surface area (Å²) in [5, 5.41) is 13.3. The molecular weight excluding hydrogens is 258 g/mol. The topological polar surface area (TPSA) is 90.4 Å². The number of nitrogens with two attached hydrogens (primary N) is 1. The first-order valence-electron chi connectivity index (χ1n) is 6.27. The van der Waals surface area contributed by atoms with Gasteiger partial charge in [-0.05, 0) is 38.1 Å². The standard InChI is InChI=1S/C14H17N3O3/c1-9(2)17-6-5-11(16-17)8-20-13-7-10(14(18)19)3-4-12(13)15/h3-7,9H,8,15H2,1-2H3,(H,18,19). The van der Waals surface area contributed by atoms with Gasteiger partial charge in [0, 0.05) is 12.2 Å². The number of carboxylic acids is 1. The van der Waals surface area contributed by atoms with E-state index in [1.54, 1.807) is 0 Å². The Labute approximate surface area is 116 Å². The van der Waals surface area contributed by atoms with E-state index in [1.807, 2.05) is 30.8 Å². The second kappa shape index (κ2) is 5.64. The lowest BCUT2D eigenvalue weighted by molar-refractivity contribution is 0.0696. The largest absolute Gasteiger partial charge is 0.485 e. The maximum Gasteiger partial charge on any atom is 0.335 e. The smallest absolute Gasteiger partial charge is 0.335 e.